The van der Waals surface area contributed by atoms with Crippen molar-refractivity contribution in [1.82, 2.24) is 0 Å². The van der Waals surface area contributed by atoms with Crippen molar-refractivity contribution >= 4 is 12.1 Å². The predicted octanol–water partition coefficient (Wildman–Crippen LogP) is 2.79. The molecule has 1 amide bonds. The molecule has 0 heterocycles. The van der Waals surface area contributed by atoms with Crippen molar-refractivity contribution in [2.24, 2.45) is 0 Å². The second-order valence-corrected chi connectivity index (χ2v) is 2.87. The zero-order valence-corrected chi connectivity index (χ0v) is 8.09. The molecule has 0 aromatic heterocycles. The Balaban J connectivity index is 2.99. The molecule has 1 rings (SSSR count). The highest BCUT2D eigenvalue weighted by Gasteiger charge is 2.61. The van der Waals surface area contributed by atoms with Crippen molar-refractivity contribution in [1.29, 1.82) is 0 Å². The van der Waals surface area contributed by atoms with E-state index in [-0.39, 0.29) is 12.1 Å². The molecule has 0 saturated carbocycles. The molecule has 3 nitrogen and oxygen atoms in total. The molecule has 0 aliphatic carbocycles. The monoisotopic (exact) mass is 255 g/mol. The number of carbonyl (C=O) groups excluding carboxylic acids is 1. The van der Waals surface area contributed by atoms with E-state index in [1.807, 2.05) is 5.32 Å². The third kappa shape index (κ3) is 3.05. The van der Waals surface area contributed by atoms with Gasteiger partial charge in [-0.2, -0.15) is 22.0 Å². The van der Waals surface area contributed by atoms with Gasteiger partial charge in [-0.25, -0.2) is 0 Å². The summed E-state index contributed by atoms with van der Waals surface area (Å²) in [5.74, 6) is -0.776. The van der Waals surface area contributed by atoms with Crippen LogP contribution in [0.5, 0.6) is 5.75 Å². The summed E-state index contributed by atoms with van der Waals surface area (Å²) in [5.41, 5.74) is -0.286. The Morgan fingerprint density at radius 2 is 1.71 bits per heavy atom. The number of benzene rings is 1. The summed E-state index contributed by atoms with van der Waals surface area (Å²) < 4.78 is 64.3. The number of hydrogen-bond donors (Lipinski definition) is 1. The summed E-state index contributed by atoms with van der Waals surface area (Å²) in [7, 11) is 0. The Labute approximate surface area is 92.2 Å². The molecular formula is C9H6F5NO2. The Bertz CT molecular complexity index is 405. The minimum absolute atomic E-state index is 0.133. The lowest BCUT2D eigenvalue weighted by Gasteiger charge is -2.21. The summed E-state index contributed by atoms with van der Waals surface area (Å²) in [5, 5.41) is 1.94. The highest BCUT2D eigenvalue weighted by molar-refractivity contribution is 5.75. The average molecular weight is 255 g/mol. The third-order valence-corrected chi connectivity index (χ3v) is 1.67. The lowest BCUT2D eigenvalue weighted by Crippen LogP contribution is -2.42. The van der Waals surface area contributed by atoms with Crippen LogP contribution in [0.2, 0.25) is 0 Å². The lowest BCUT2D eigenvalue weighted by molar-refractivity contribution is -0.360. The van der Waals surface area contributed by atoms with Gasteiger partial charge < -0.3 is 10.1 Å². The quantitative estimate of drug-likeness (QED) is 0.663. The van der Waals surface area contributed by atoms with E-state index in [1.54, 1.807) is 0 Å². The standard InChI is InChI=1S/C9H6F5NO2/c10-8(11,12)9(13,14)17-7-4-2-1-3-6(7)15-5-16/h1-5H,(H,15,16). The molecular weight excluding hydrogens is 249 g/mol. The number of anilines is 1. The van der Waals surface area contributed by atoms with Gasteiger partial charge in [-0.05, 0) is 12.1 Å². The van der Waals surface area contributed by atoms with Crippen molar-refractivity contribution in [3.8, 4) is 5.75 Å². The first kappa shape index (κ1) is 13.2. The number of ether oxygens (including phenoxy) is 1. The predicted molar refractivity (Wildman–Crippen MR) is 47.8 cm³/mol. The van der Waals surface area contributed by atoms with Crippen LogP contribution < -0.4 is 10.1 Å². The zero-order valence-electron chi connectivity index (χ0n) is 8.09. The van der Waals surface area contributed by atoms with E-state index in [0.29, 0.717) is 0 Å². The maximum absolute atomic E-state index is 12.6. The number of rotatable bonds is 4. The lowest BCUT2D eigenvalue weighted by atomic mass is 10.3. The normalized spacial score (nSPS) is 12.1. The van der Waals surface area contributed by atoms with Gasteiger partial charge in [0.2, 0.25) is 6.41 Å². The number of hydrogen-bond acceptors (Lipinski definition) is 2. The fourth-order valence-electron chi connectivity index (χ4n) is 0.934. The Kier molecular flexibility index (Phi) is 3.54. The molecule has 8 heteroatoms. The molecule has 1 aromatic rings. The largest absolute Gasteiger partial charge is 0.499 e. The number of carbonyl (C=O) groups is 1. The van der Waals surface area contributed by atoms with Gasteiger partial charge in [0, 0.05) is 0 Å². The van der Waals surface area contributed by atoms with Crippen LogP contribution in [-0.4, -0.2) is 18.7 Å². The first-order valence-corrected chi connectivity index (χ1v) is 4.20. The third-order valence-electron chi connectivity index (χ3n) is 1.67. The van der Waals surface area contributed by atoms with Gasteiger partial charge in [-0.15, -0.1) is 0 Å². The van der Waals surface area contributed by atoms with Gasteiger partial charge in [0.25, 0.3) is 0 Å². The van der Waals surface area contributed by atoms with Gasteiger partial charge in [0.05, 0.1) is 5.69 Å². The van der Waals surface area contributed by atoms with Crippen LogP contribution in [0.25, 0.3) is 0 Å². The molecule has 17 heavy (non-hydrogen) atoms. The van der Waals surface area contributed by atoms with E-state index in [9.17, 15) is 26.7 Å². The maximum Gasteiger partial charge on any atom is 0.499 e. The molecule has 0 atom stereocenters. The Morgan fingerprint density at radius 1 is 1.12 bits per heavy atom. The fourth-order valence-corrected chi connectivity index (χ4v) is 0.934. The average Bonchev–Trinajstić information content (AvgIpc) is 2.19. The molecule has 0 aliphatic heterocycles. The van der Waals surface area contributed by atoms with Crippen LogP contribution in [-0.2, 0) is 4.79 Å². The summed E-state index contributed by atoms with van der Waals surface area (Å²) >= 11 is 0. The Hall–Kier alpha value is -1.86. The number of halogens is 5. The second kappa shape index (κ2) is 4.56. The van der Waals surface area contributed by atoms with Crippen molar-refractivity contribution in [3.63, 3.8) is 0 Å². The van der Waals surface area contributed by atoms with Gasteiger partial charge in [0.15, 0.2) is 0 Å². The molecule has 0 spiro atoms. The number of alkyl halides is 5. The number of para-hydroxylation sites is 2. The smallest absolute Gasteiger partial charge is 0.424 e. The van der Waals surface area contributed by atoms with Gasteiger partial charge >= 0.3 is 12.3 Å². The van der Waals surface area contributed by atoms with Crippen molar-refractivity contribution in [2.75, 3.05) is 5.32 Å². The van der Waals surface area contributed by atoms with E-state index in [1.165, 1.54) is 12.1 Å². The number of nitrogens with one attached hydrogen (secondary N) is 1. The summed E-state index contributed by atoms with van der Waals surface area (Å²) in [6, 6.07) is 4.53. The van der Waals surface area contributed by atoms with Crippen LogP contribution in [0.15, 0.2) is 24.3 Å². The van der Waals surface area contributed by atoms with Crippen LogP contribution in [0.3, 0.4) is 0 Å². The van der Waals surface area contributed by atoms with Crippen molar-refractivity contribution in [3.05, 3.63) is 24.3 Å². The minimum atomic E-state index is -5.83. The summed E-state index contributed by atoms with van der Waals surface area (Å²) in [6.07, 6.45) is -11.0. The molecule has 0 aliphatic rings. The SMILES string of the molecule is O=CNc1ccccc1OC(F)(F)C(F)(F)F. The minimum Gasteiger partial charge on any atom is -0.424 e. The van der Waals surface area contributed by atoms with Crippen LogP contribution in [0, 0.1) is 0 Å². The van der Waals surface area contributed by atoms with E-state index in [2.05, 4.69) is 4.74 Å². The second-order valence-electron chi connectivity index (χ2n) is 2.87. The summed E-state index contributed by atoms with van der Waals surface area (Å²) in [6.45, 7) is 0. The van der Waals surface area contributed by atoms with Crippen LogP contribution in [0.1, 0.15) is 0 Å². The van der Waals surface area contributed by atoms with Crippen molar-refractivity contribution < 1.29 is 31.5 Å². The van der Waals surface area contributed by atoms with Gasteiger partial charge in [0.1, 0.15) is 5.75 Å². The van der Waals surface area contributed by atoms with Gasteiger partial charge in [-0.1, -0.05) is 12.1 Å². The first-order chi connectivity index (χ1) is 7.78. The molecule has 0 saturated heterocycles. The zero-order chi connectivity index (χ0) is 13.1. The van der Waals surface area contributed by atoms with E-state index >= 15 is 0 Å². The first-order valence-electron chi connectivity index (χ1n) is 4.20. The van der Waals surface area contributed by atoms with Crippen molar-refractivity contribution in [2.45, 2.75) is 12.3 Å². The molecule has 0 radical (unpaired) electrons. The van der Waals surface area contributed by atoms with Gasteiger partial charge in [-0.3, -0.25) is 4.79 Å². The molecule has 0 fully saturated rings. The van der Waals surface area contributed by atoms with E-state index < -0.39 is 18.0 Å². The summed E-state index contributed by atoms with van der Waals surface area (Å²) in [4.78, 5) is 10.1. The van der Waals surface area contributed by atoms with E-state index in [4.69, 9.17) is 0 Å². The van der Waals surface area contributed by atoms with Crippen LogP contribution >= 0.6 is 0 Å². The Morgan fingerprint density at radius 3 is 2.24 bits per heavy atom. The molecule has 0 bridgehead atoms. The number of amides is 1. The highest BCUT2D eigenvalue weighted by Crippen LogP contribution is 2.39. The molecule has 1 N–H and O–H groups in total. The molecule has 0 unspecified atom stereocenters. The maximum atomic E-state index is 12.6. The fraction of sp³-hybridized carbons (Fsp3) is 0.222. The highest BCUT2D eigenvalue weighted by atomic mass is 19.4. The topological polar surface area (TPSA) is 38.3 Å². The molecule has 94 valence electrons. The van der Waals surface area contributed by atoms with Crippen LogP contribution in [0.4, 0.5) is 27.6 Å². The van der Waals surface area contributed by atoms with E-state index in [0.717, 1.165) is 12.1 Å². The molecule has 1 aromatic carbocycles.